The number of nitrogens with zero attached hydrogens (tertiary/aromatic N) is 7. The monoisotopic (exact) mass is 457 g/mol. The van der Waals surface area contributed by atoms with Gasteiger partial charge in [-0.25, -0.2) is 9.31 Å². The second kappa shape index (κ2) is 8.47. The Morgan fingerprint density at radius 2 is 2.09 bits per heavy atom. The maximum atomic E-state index is 10.9. The van der Waals surface area contributed by atoms with Crippen LogP contribution < -0.4 is 10.6 Å². The molecular weight excluding hydrogens is 434 g/mol. The Morgan fingerprint density at radius 1 is 1.26 bits per heavy atom. The number of nitrogens with one attached hydrogen (secondary N) is 2. The fourth-order valence-corrected chi connectivity index (χ4v) is 4.36. The molecule has 11 heteroatoms. The molecule has 11 nitrogen and oxygen atoms in total. The van der Waals surface area contributed by atoms with E-state index >= 15 is 0 Å². The van der Waals surface area contributed by atoms with Crippen molar-refractivity contribution >= 4 is 17.3 Å². The second-order valence-corrected chi connectivity index (χ2v) is 8.61. The number of rotatable bonds is 6. The predicted molar refractivity (Wildman–Crippen MR) is 124 cm³/mol. The van der Waals surface area contributed by atoms with Gasteiger partial charge in [-0.3, -0.25) is 9.67 Å². The van der Waals surface area contributed by atoms with Crippen LogP contribution in [0.4, 0.5) is 10.5 Å². The van der Waals surface area contributed by atoms with E-state index < -0.39 is 6.09 Å². The van der Waals surface area contributed by atoms with Crippen LogP contribution in [0.15, 0.2) is 42.9 Å². The minimum Gasteiger partial charge on any atom is -0.465 e. The molecule has 3 N–H and O–H groups in total. The van der Waals surface area contributed by atoms with Gasteiger partial charge in [0.25, 0.3) is 0 Å². The summed E-state index contributed by atoms with van der Waals surface area (Å²) in [5, 5.41) is 36.9. The molecule has 4 aromatic rings. The number of hydrogen-bond donors (Lipinski definition) is 3. The van der Waals surface area contributed by atoms with Gasteiger partial charge in [-0.1, -0.05) is 5.21 Å². The van der Waals surface area contributed by atoms with E-state index in [1.165, 1.54) is 6.20 Å². The first kappa shape index (κ1) is 21.4. The van der Waals surface area contributed by atoms with Crippen LogP contribution in [0.25, 0.3) is 28.2 Å². The number of fused-ring (bicyclic) bond motifs is 1. The lowest BCUT2D eigenvalue weighted by atomic mass is 9.76. The summed E-state index contributed by atoms with van der Waals surface area (Å²) in [6.07, 6.45) is 5.85. The number of nitriles is 1. The third kappa shape index (κ3) is 4.01. The molecule has 5 rings (SSSR count). The van der Waals surface area contributed by atoms with Gasteiger partial charge < -0.3 is 15.7 Å². The second-order valence-electron chi connectivity index (χ2n) is 8.61. The average molecular weight is 457 g/mol. The summed E-state index contributed by atoms with van der Waals surface area (Å²) < 4.78 is 3.40. The Kier molecular flexibility index (Phi) is 5.33. The van der Waals surface area contributed by atoms with Crippen molar-refractivity contribution in [1.29, 1.82) is 5.26 Å². The van der Waals surface area contributed by atoms with Gasteiger partial charge in [-0.2, -0.15) is 10.4 Å². The van der Waals surface area contributed by atoms with E-state index in [1.54, 1.807) is 21.5 Å². The molecule has 0 saturated heterocycles. The number of carboxylic acid groups (broad SMARTS) is 1. The van der Waals surface area contributed by atoms with Crippen molar-refractivity contribution < 1.29 is 9.90 Å². The molecule has 34 heavy (non-hydrogen) atoms. The molecule has 0 spiro atoms. The zero-order chi connectivity index (χ0) is 23.8. The molecule has 0 bridgehead atoms. The number of hydrogen-bond acceptors (Lipinski definition) is 7. The zero-order valence-electron chi connectivity index (χ0n) is 18.7. The Morgan fingerprint density at radius 3 is 2.79 bits per heavy atom. The molecule has 1 amide bonds. The molecule has 1 atom stereocenters. The first-order chi connectivity index (χ1) is 16.4. The van der Waals surface area contributed by atoms with Crippen molar-refractivity contribution in [1.82, 2.24) is 34.9 Å². The van der Waals surface area contributed by atoms with Gasteiger partial charge >= 0.3 is 6.09 Å². The van der Waals surface area contributed by atoms with Crippen molar-refractivity contribution in [3.05, 3.63) is 48.4 Å². The van der Waals surface area contributed by atoms with E-state index in [9.17, 15) is 4.79 Å². The van der Waals surface area contributed by atoms with Crippen LogP contribution in [-0.4, -0.2) is 52.9 Å². The maximum absolute atomic E-state index is 10.9. The molecule has 0 aromatic carbocycles. The Balaban J connectivity index is 1.45. The van der Waals surface area contributed by atoms with E-state index in [0.29, 0.717) is 11.3 Å². The number of anilines is 1. The van der Waals surface area contributed by atoms with Crippen LogP contribution in [0.3, 0.4) is 0 Å². The van der Waals surface area contributed by atoms with Crippen LogP contribution >= 0.6 is 0 Å². The minimum atomic E-state index is -0.998. The van der Waals surface area contributed by atoms with Gasteiger partial charge in [0.2, 0.25) is 0 Å². The third-order valence-corrected chi connectivity index (χ3v) is 6.27. The van der Waals surface area contributed by atoms with Gasteiger partial charge in [0, 0.05) is 36.6 Å². The smallest absolute Gasteiger partial charge is 0.404 e. The SMILES string of the molecule is CC(NC(=O)O)C1CC(Nc2cc(-c3ccc4cc(C#N)cnn34)ncc2-c2cn(C)nn2)C1. The van der Waals surface area contributed by atoms with Gasteiger partial charge in [0.15, 0.2) is 0 Å². The highest BCUT2D eigenvalue weighted by molar-refractivity contribution is 5.79. The molecule has 1 aliphatic carbocycles. The third-order valence-electron chi connectivity index (χ3n) is 6.27. The molecule has 1 saturated carbocycles. The highest BCUT2D eigenvalue weighted by atomic mass is 16.4. The van der Waals surface area contributed by atoms with Crippen LogP contribution in [0, 0.1) is 17.2 Å². The topological polar surface area (TPSA) is 146 Å². The van der Waals surface area contributed by atoms with E-state index in [4.69, 9.17) is 10.4 Å². The Hall–Kier alpha value is -4.46. The molecule has 0 radical (unpaired) electrons. The summed E-state index contributed by atoms with van der Waals surface area (Å²) in [7, 11) is 1.81. The molecular formula is C23H23N9O2. The largest absolute Gasteiger partial charge is 0.465 e. The van der Waals surface area contributed by atoms with Crippen molar-refractivity contribution in [3.8, 4) is 28.7 Å². The summed E-state index contributed by atoms with van der Waals surface area (Å²) >= 11 is 0. The van der Waals surface area contributed by atoms with Gasteiger partial charge in [0.05, 0.1) is 34.9 Å². The minimum absolute atomic E-state index is 0.0977. The summed E-state index contributed by atoms with van der Waals surface area (Å²) in [5.41, 5.74) is 5.25. The molecule has 1 fully saturated rings. The zero-order valence-corrected chi connectivity index (χ0v) is 18.7. The van der Waals surface area contributed by atoms with Crippen molar-refractivity contribution in [2.24, 2.45) is 13.0 Å². The number of pyridine rings is 1. The standard InChI is InChI=1S/C23H23N9O2/c1-13(27-23(33)34)15-6-16(7-15)28-19-8-20(25-11-18(19)21-12-31(2)30-29-21)22-4-3-17-5-14(9-24)10-26-32(17)22/h3-5,8,10-13,15-16,27H,6-7H2,1-2H3,(H,25,28)(H,33,34). The number of aryl methyl sites for hydroxylation is 1. The lowest BCUT2D eigenvalue weighted by molar-refractivity contribution is 0.170. The quantitative estimate of drug-likeness (QED) is 0.401. The predicted octanol–water partition coefficient (Wildman–Crippen LogP) is 2.91. The van der Waals surface area contributed by atoms with Gasteiger partial charge in [-0.05, 0) is 49.9 Å². The van der Waals surface area contributed by atoms with E-state index in [1.807, 2.05) is 38.4 Å². The highest BCUT2D eigenvalue weighted by Gasteiger charge is 2.34. The molecule has 172 valence electrons. The summed E-state index contributed by atoms with van der Waals surface area (Å²) in [4.78, 5) is 15.6. The first-order valence-corrected chi connectivity index (χ1v) is 10.9. The maximum Gasteiger partial charge on any atom is 0.404 e. The van der Waals surface area contributed by atoms with Crippen molar-refractivity contribution in [2.45, 2.75) is 31.8 Å². The van der Waals surface area contributed by atoms with Gasteiger partial charge in [-0.15, -0.1) is 5.10 Å². The summed E-state index contributed by atoms with van der Waals surface area (Å²) in [6, 6.07) is 9.80. The van der Waals surface area contributed by atoms with Crippen LogP contribution in [0.5, 0.6) is 0 Å². The van der Waals surface area contributed by atoms with Crippen LogP contribution in [0.2, 0.25) is 0 Å². The molecule has 4 aromatic heterocycles. The Labute approximate surface area is 195 Å². The normalized spacial score (nSPS) is 18.1. The lowest BCUT2D eigenvalue weighted by Gasteiger charge is -2.40. The average Bonchev–Trinajstić information content (AvgIpc) is 3.40. The first-order valence-electron chi connectivity index (χ1n) is 10.9. The van der Waals surface area contributed by atoms with E-state index in [0.717, 1.165) is 41.0 Å². The number of carbonyl (C=O) groups is 1. The fraction of sp³-hybridized carbons (Fsp3) is 0.304. The van der Waals surface area contributed by atoms with Gasteiger partial charge in [0.1, 0.15) is 11.8 Å². The molecule has 1 unspecified atom stereocenters. The summed E-state index contributed by atoms with van der Waals surface area (Å²) in [6.45, 7) is 1.90. The highest BCUT2D eigenvalue weighted by Crippen LogP contribution is 2.36. The molecule has 0 aliphatic heterocycles. The van der Waals surface area contributed by atoms with Crippen molar-refractivity contribution in [2.75, 3.05) is 5.32 Å². The number of amides is 1. The number of aromatic nitrogens is 6. The molecule has 4 heterocycles. The van der Waals surface area contributed by atoms with Crippen LogP contribution in [-0.2, 0) is 7.05 Å². The van der Waals surface area contributed by atoms with Crippen molar-refractivity contribution in [3.63, 3.8) is 0 Å². The van der Waals surface area contributed by atoms with E-state index in [-0.39, 0.29) is 18.0 Å². The lowest BCUT2D eigenvalue weighted by Crippen LogP contribution is -2.47. The Bertz CT molecular complexity index is 1410. The van der Waals surface area contributed by atoms with Crippen LogP contribution in [0.1, 0.15) is 25.3 Å². The van der Waals surface area contributed by atoms with E-state index in [2.05, 4.69) is 37.1 Å². The molecule has 1 aliphatic rings. The fourth-order valence-electron chi connectivity index (χ4n) is 4.36. The summed E-state index contributed by atoms with van der Waals surface area (Å²) in [5.74, 6) is 0.281.